The van der Waals surface area contributed by atoms with Crippen LogP contribution in [0.1, 0.15) is 28.4 Å². The molecule has 4 nitrogen and oxygen atoms in total. The van der Waals surface area contributed by atoms with Crippen molar-refractivity contribution >= 4 is 29.3 Å². The van der Waals surface area contributed by atoms with E-state index in [1.807, 2.05) is 13.8 Å². The van der Waals surface area contributed by atoms with E-state index < -0.39 is 5.97 Å². The summed E-state index contributed by atoms with van der Waals surface area (Å²) in [5.74, 6) is -1.04. The highest BCUT2D eigenvalue weighted by molar-refractivity contribution is 7.14. The summed E-state index contributed by atoms with van der Waals surface area (Å²) >= 11 is 1.29. The number of carboxylic acid groups (broad SMARTS) is 1. The number of thiophene rings is 1. The molecule has 0 spiro atoms. The van der Waals surface area contributed by atoms with Crippen molar-refractivity contribution < 1.29 is 14.7 Å². The third-order valence-electron chi connectivity index (χ3n) is 2.32. The highest BCUT2D eigenvalue weighted by Gasteiger charge is 2.15. The van der Waals surface area contributed by atoms with Crippen molar-refractivity contribution in [1.29, 1.82) is 0 Å². The first-order valence-electron chi connectivity index (χ1n) is 5.20. The summed E-state index contributed by atoms with van der Waals surface area (Å²) in [6.07, 6.45) is 2.55. The van der Waals surface area contributed by atoms with E-state index >= 15 is 0 Å². The largest absolute Gasteiger partial charge is 0.478 e. The SMILES string of the molecule is CC(C)N(C)C(=O)c1ccc(/C=C/C(=O)O)s1. The van der Waals surface area contributed by atoms with Crippen molar-refractivity contribution in [3.8, 4) is 0 Å². The summed E-state index contributed by atoms with van der Waals surface area (Å²) in [7, 11) is 1.75. The molecule has 1 amide bonds. The molecule has 0 aliphatic heterocycles. The summed E-state index contributed by atoms with van der Waals surface area (Å²) < 4.78 is 0. The molecule has 0 aromatic carbocycles. The quantitative estimate of drug-likeness (QED) is 0.838. The van der Waals surface area contributed by atoms with E-state index in [2.05, 4.69) is 0 Å². The molecule has 0 fully saturated rings. The molecule has 0 atom stereocenters. The number of carbonyl (C=O) groups excluding carboxylic acids is 1. The lowest BCUT2D eigenvalue weighted by Crippen LogP contribution is -2.32. The van der Waals surface area contributed by atoms with Gasteiger partial charge in [0.25, 0.3) is 5.91 Å². The van der Waals surface area contributed by atoms with Crippen LogP contribution >= 0.6 is 11.3 Å². The maximum atomic E-state index is 11.9. The number of carboxylic acids is 1. The Morgan fingerprint density at radius 2 is 2.06 bits per heavy atom. The first-order valence-corrected chi connectivity index (χ1v) is 6.01. The number of carbonyl (C=O) groups is 2. The first kappa shape index (κ1) is 13.4. The number of rotatable bonds is 4. The minimum absolute atomic E-state index is 0.0417. The molecule has 1 aromatic heterocycles. The Hall–Kier alpha value is -1.62. The molecule has 0 saturated heterocycles. The van der Waals surface area contributed by atoms with Crippen LogP contribution in [-0.2, 0) is 4.79 Å². The summed E-state index contributed by atoms with van der Waals surface area (Å²) in [6.45, 7) is 3.88. The molecule has 1 heterocycles. The molecule has 1 aromatic rings. The summed E-state index contributed by atoms with van der Waals surface area (Å²) in [5, 5.41) is 8.49. The van der Waals surface area contributed by atoms with Crippen molar-refractivity contribution in [2.75, 3.05) is 7.05 Å². The van der Waals surface area contributed by atoms with Gasteiger partial charge < -0.3 is 10.0 Å². The highest BCUT2D eigenvalue weighted by Crippen LogP contribution is 2.20. The van der Waals surface area contributed by atoms with Crippen molar-refractivity contribution in [3.05, 3.63) is 28.0 Å². The third kappa shape index (κ3) is 3.71. The Bertz CT molecular complexity index is 448. The predicted molar refractivity (Wildman–Crippen MR) is 68.2 cm³/mol. The molecule has 0 unspecified atom stereocenters. The molecule has 0 aliphatic carbocycles. The normalized spacial score (nSPS) is 11.1. The summed E-state index contributed by atoms with van der Waals surface area (Å²) in [5.41, 5.74) is 0. The fourth-order valence-electron chi connectivity index (χ4n) is 1.12. The van der Waals surface area contributed by atoms with Gasteiger partial charge in [-0.15, -0.1) is 11.3 Å². The molecule has 5 heteroatoms. The molecule has 92 valence electrons. The standard InChI is InChI=1S/C12H15NO3S/c1-8(2)13(3)12(16)10-6-4-9(17-10)5-7-11(14)15/h4-8H,1-3H3,(H,14,15)/b7-5+. The van der Waals surface area contributed by atoms with Crippen LogP contribution in [0.3, 0.4) is 0 Å². The molecule has 1 rings (SSSR count). The van der Waals surface area contributed by atoms with E-state index in [-0.39, 0.29) is 11.9 Å². The van der Waals surface area contributed by atoms with Crippen LogP contribution in [0.15, 0.2) is 18.2 Å². The maximum Gasteiger partial charge on any atom is 0.328 e. The topological polar surface area (TPSA) is 57.6 Å². The molecule has 0 saturated carbocycles. The Balaban J connectivity index is 2.81. The van der Waals surface area contributed by atoms with Gasteiger partial charge in [0.2, 0.25) is 0 Å². The fourth-order valence-corrected chi connectivity index (χ4v) is 2.01. The van der Waals surface area contributed by atoms with E-state index in [1.54, 1.807) is 24.1 Å². The van der Waals surface area contributed by atoms with Gasteiger partial charge in [0, 0.05) is 24.0 Å². The van der Waals surface area contributed by atoms with E-state index in [0.29, 0.717) is 4.88 Å². The van der Waals surface area contributed by atoms with Gasteiger partial charge in [-0.2, -0.15) is 0 Å². The number of nitrogens with zero attached hydrogens (tertiary/aromatic N) is 1. The third-order valence-corrected chi connectivity index (χ3v) is 3.36. The zero-order valence-electron chi connectivity index (χ0n) is 10.0. The number of aliphatic carboxylic acids is 1. The van der Waals surface area contributed by atoms with Crippen LogP contribution < -0.4 is 0 Å². The van der Waals surface area contributed by atoms with Crippen molar-refractivity contribution in [3.63, 3.8) is 0 Å². The summed E-state index contributed by atoms with van der Waals surface area (Å²) in [6, 6.07) is 3.60. The Morgan fingerprint density at radius 1 is 1.41 bits per heavy atom. The Morgan fingerprint density at radius 3 is 2.59 bits per heavy atom. The Kier molecular flexibility index (Phi) is 4.45. The molecular formula is C12H15NO3S. The Labute approximate surface area is 104 Å². The van der Waals surface area contributed by atoms with E-state index in [9.17, 15) is 9.59 Å². The van der Waals surface area contributed by atoms with E-state index in [0.717, 1.165) is 11.0 Å². The molecule has 0 bridgehead atoms. The zero-order chi connectivity index (χ0) is 13.0. The summed E-state index contributed by atoms with van der Waals surface area (Å²) in [4.78, 5) is 25.3. The van der Waals surface area contributed by atoms with Crippen LogP contribution in [0.25, 0.3) is 6.08 Å². The van der Waals surface area contributed by atoms with Gasteiger partial charge >= 0.3 is 5.97 Å². The molecule has 0 aliphatic rings. The van der Waals surface area contributed by atoms with E-state index in [1.165, 1.54) is 17.4 Å². The van der Waals surface area contributed by atoms with Crippen LogP contribution in [0.2, 0.25) is 0 Å². The number of hydrogen-bond donors (Lipinski definition) is 1. The smallest absolute Gasteiger partial charge is 0.328 e. The molecule has 1 N–H and O–H groups in total. The number of hydrogen-bond acceptors (Lipinski definition) is 3. The lowest BCUT2D eigenvalue weighted by atomic mass is 10.3. The van der Waals surface area contributed by atoms with Crippen LogP contribution in [0.5, 0.6) is 0 Å². The molecule has 17 heavy (non-hydrogen) atoms. The maximum absolute atomic E-state index is 11.9. The second-order valence-electron chi connectivity index (χ2n) is 3.88. The van der Waals surface area contributed by atoms with Gasteiger partial charge in [-0.25, -0.2) is 4.79 Å². The van der Waals surface area contributed by atoms with E-state index in [4.69, 9.17) is 5.11 Å². The van der Waals surface area contributed by atoms with Gasteiger partial charge in [-0.3, -0.25) is 4.79 Å². The monoisotopic (exact) mass is 253 g/mol. The lowest BCUT2D eigenvalue weighted by molar-refractivity contribution is -0.131. The second kappa shape index (κ2) is 5.63. The van der Waals surface area contributed by atoms with Crippen LogP contribution in [0.4, 0.5) is 0 Å². The average molecular weight is 253 g/mol. The minimum atomic E-state index is -0.995. The van der Waals surface area contributed by atoms with Gasteiger partial charge in [0.15, 0.2) is 0 Å². The van der Waals surface area contributed by atoms with Crippen LogP contribution in [-0.4, -0.2) is 35.0 Å². The van der Waals surface area contributed by atoms with Gasteiger partial charge in [-0.1, -0.05) is 0 Å². The van der Waals surface area contributed by atoms with Crippen LogP contribution in [0, 0.1) is 0 Å². The lowest BCUT2D eigenvalue weighted by Gasteiger charge is -2.20. The minimum Gasteiger partial charge on any atom is -0.478 e. The average Bonchev–Trinajstić information content (AvgIpc) is 2.72. The molecule has 0 radical (unpaired) electrons. The number of amides is 1. The predicted octanol–water partition coefficient (Wildman–Crippen LogP) is 2.33. The zero-order valence-corrected chi connectivity index (χ0v) is 10.8. The van der Waals surface area contributed by atoms with Crippen molar-refractivity contribution in [2.45, 2.75) is 19.9 Å². The molecular weight excluding hydrogens is 238 g/mol. The highest BCUT2D eigenvalue weighted by atomic mass is 32.1. The van der Waals surface area contributed by atoms with Gasteiger partial charge in [0.1, 0.15) is 0 Å². The van der Waals surface area contributed by atoms with Crippen molar-refractivity contribution in [1.82, 2.24) is 4.90 Å². The van der Waals surface area contributed by atoms with Gasteiger partial charge in [-0.05, 0) is 32.1 Å². The van der Waals surface area contributed by atoms with Crippen molar-refractivity contribution in [2.24, 2.45) is 0 Å². The fraction of sp³-hybridized carbons (Fsp3) is 0.333. The first-order chi connectivity index (χ1) is 7.91. The second-order valence-corrected chi connectivity index (χ2v) is 5.00. The van der Waals surface area contributed by atoms with Gasteiger partial charge in [0.05, 0.1) is 4.88 Å².